The van der Waals surface area contributed by atoms with Crippen molar-refractivity contribution in [3.8, 4) is 0 Å². The van der Waals surface area contributed by atoms with E-state index < -0.39 is 0 Å². The molecule has 0 saturated heterocycles. The maximum absolute atomic E-state index is 12.8. The number of quaternary nitrogens is 1. The third kappa shape index (κ3) is 2.35. The second kappa shape index (κ2) is 5.31. The Morgan fingerprint density at radius 1 is 1.45 bits per heavy atom. The van der Waals surface area contributed by atoms with Crippen LogP contribution in [0.2, 0.25) is 0 Å². The second-order valence-electron chi connectivity index (χ2n) is 5.47. The Morgan fingerprint density at radius 3 is 2.86 bits per heavy atom. The Balaban J connectivity index is 1.99. The first-order valence-corrected chi connectivity index (χ1v) is 8.45. The summed E-state index contributed by atoms with van der Waals surface area (Å²) in [5.41, 5.74) is 1.39. The predicted octanol–water partition coefficient (Wildman–Crippen LogP) is 0.178. The molecular formula is C14H16N5O2Se+. The molecule has 2 aromatic rings. The zero-order valence-corrected chi connectivity index (χ0v) is 14.2. The number of nitrogens with zero attached hydrogens (tertiary/aromatic N) is 4. The molecule has 1 aromatic carbocycles. The number of nitrogens with one attached hydrogen (secondary N) is 1. The number of aromatic amines is 1. The summed E-state index contributed by atoms with van der Waals surface area (Å²) in [5, 5.41) is 18.4. The van der Waals surface area contributed by atoms with Crippen molar-refractivity contribution in [3.05, 3.63) is 40.9 Å². The van der Waals surface area contributed by atoms with Crippen LogP contribution in [0.15, 0.2) is 24.5 Å². The molecule has 1 aliphatic heterocycles. The first kappa shape index (κ1) is 14.9. The van der Waals surface area contributed by atoms with E-state index in [0.29, 0.717) is 11.5 Å². The SMILES string of the molecule is CC(C)[N+]([O-])=Cc1ccc2c(c1)C(=O)[N+](C)(c1ncn[nH]1)[Se]2. The molecule has 8 heteroatoms. The number of benzene rings is 1. The summed E-state index contributed by atoms with van der Waals surface area (Å²) in [6, 6.07) is 5.44. The van der Waals surface area contributed by atoms with Crippen LogP contribution in [-0.4, -0.2) is 60.3 Å². The van der Waals surface area contributed by atoms with Gasteiger partial charge in [-0.05, 0) is 0 Å². The number of rotatable bonds is 3. The molecule has 22 heavy (non-hydrogen) atoms. The molecule has 0 aliphatic carbocycles. The molecule has 0 radical (unpaired) electrons. The Labute approximate surface area is 134 Å². The van der Waals surface area contributed by atoms with Gasteiger partial charge < -0.3 is 0 Å². The van der Waals surface area contributed by atoms with Gasteiger partial charge >= 0.3 is 134 Å². The molecule has 114 valence electrons. The van der Waals surface area contributed by atoms with Crippen LogP contribution >= 0.6 is 0 Å². The minimum atomic E-state index is -0.136. The van der Waals surface area contributed by atoms with Crippen LogP contribution in [-0.2, 0) is 0 Å². The minimum absolute atomic E-state index is 0.0241. The van der Waals surface area contributed by atoms with Crippen molar-refractivity contribution in [3.63, 3.8) is 0 Å². The average molecular weight is 365 g/mol. The van der Waals surface area contributed by atoms with Crippen molar-refractivity contribution in [1.29, 1.82) is 0 Å². The molecule has 1 unspecified atom stereocenters. The molecule has 7 nitrogen and oxygen atoms in total. The van der Waals surface area contributed by atoms with Crippen molar-refractivity contribution in [2.24, 2.45) is 0 Å². The summed E-state index contributed by atoms with van der Waals surface area (Å²) < 4.78 is 1.99. The number of amides is 1. The van der Waals surface area contributed by atoms with Crippen LogP contribution in [0.5, 0.6) is 0 Å². The maximum atomic E-state index is 12.8. The second-order valence-corrected chi connectivity index (χ2v) is 8.31. The van der Waals surface area contributed by atoms with Crippen LogP contribution in [0.1, 0.15) is 29.8 Å². The summed E-state index contributed by atoms with van der Waals surface area (Å²) in [4.78, 5) is 16.9. The summed E-state index contributed by atoms with van der Waals surface area (Å²) in [6.45, 7) is 3.64. The molecule has 2 heterocycles. The van der Waals surface area contributed by atoms with Gasteiger partial charge in [0, 0.05) is 0 Å². The van der Waals surface area contributed by atoms with Gasteiger partial charge in [0.2, 0.25) is 0 Å². The van der Waals surface area contributed by atoms with Gasteiger partial charge in [-0.1, -0.05) is 0 Å². The molecule has 1 aromatic heterocycles. The number of hydrogen-bond donors (Lipinski definition) is 1. The topological polar surface area (TPSA) is 84.7 Å². The fraction of sp³-hybridized carbons (Fsp3) is 0.286. The average Bonchev–Trinajstić information content (AvgIpc) is 3.09. The van der Waals surface area contributed by atoms with Crippen molar-refractivity contribution in [2.75, 3.05) is 7.05 Å². The monoisotopic (exact) mass is 366 g/mol. The van der Waals surface area contributed by atoms with Crippen LogP contribution in [0, 0.1) is 5.21 Å². The molecule has 0 saturated carbocycles. The quantitative estimate of drug-likeness (QED) is 0.276. The molecule has 1 N–H and O–H groups in total. The van der Waals surface area contributed by atoms with Gasteiger partial charge in [0.25, 0.3) is 0 Å². The van der Waals surface area contributed by atoms with Gasteiger partial charge in [0.05, 0.1) is 0 Å². The number of hydroxylamine groups is 1. The van der Waals surface area contributed by atoms with Gasteiger partial charge in [-0.2, -0.15) is 0 Å². The van der Waals surface area contributed by atoms with E-state index in [-0.39, 0.29) is 30.6 Å². The summed E-state index contributed by atoms with van der Waals surface area (Å²) >= 11 is -0.125. The first-order valence-electron chi connectivity index (χ1n) is 6.83. The fourth-order valence-electron chi connectivity index (χ4n) is 2.18. The normalized spacial score (nSPS) is 21.5. The van der Waals surface area contributed by atoms with Gasteiger partial charge in [-0.15, -0.1) is 0 Å². The van der Waals surface area contributed by atoms with Crippen LogP contribution in [0.4, 0.5) is 5.95 Å². The Bertz CT molecular complexity index is 757. The predicted molar refractivity (Wildman–Crippen MR) is 84.2 cm³/mol. The van der Waals surface area contributed by atoms with Crippen molar-refractivity contribution >= 4 is 37.7 Å². The number of H-pyrrole nitrogens is 1. The molecular weight excluding hydrogens is 349 g/mol. The summed E-state index contributed by atoms with van der Waals surface area (Å²) in [5.74, 6) is 0.517. The molecule has 0 fully saturated rings. The van der Waals surface area contributed by atoms with E-state index in [2.05, 4.69) is 15.2 Å². The first-order chi connectivity index (χ1) is 10.4. The van der Waals surface area contributed by atoms with Crippen LogP contribution in [0.3, 0.4) is 0 Å². The van der Waals surface area contributed by atoms with Crippen molar-refractivity contribution in [1.82, 2.24) is 18.7 Å². The van der Waals surface area contributed by atoms with Crippen LogP contribution < -0.4 is 7.96 Å². The van der Waals surface area contributed by atoms with Gasteiger partial charge in [0.1, 0.15) is 0 Å². The Kier molecular flexibility index (Phi) is 3.60. The van der Waals surface area contributed by atoms with Crippen LogP contribution in [0.25, 0.3) is 0 Å². The van der Waals surface area contributed by atoms with E-state index in [4.69, 9.17) is 0 Å². The number of aromatic nitrogens is 3. The number of carbonyl (C=O) groups excluding carboxylic acids is 1. The van der Waals surface area contributed by atoms with E-state index in [1.807, 2.05) is 33.0 Å². The number of hydrogen-bond acceptors (Lipinski definition) is 4. The van der Waals surface area contributed by atoms with Gasteiger partial charge in [-0.3, -0.25) is 0 Å². The van der Waals surface area contributed by atoms with E-state index in [1.165, 1.54) is 12.5 Å². The third-order valence-electron chi connectivity index (χ3n) is 3.49. The van der Waals surface area contributed by atoms with E-state index in [1.54, 1.807) is 6.07 Å². The third-order valence-corrected chi connectivity index (χ3v) is 6.13. The fourth-order valence-corrected chi connectivity index (χ4v) is 4.54. The zero-order chi connectivity index (χ0) is 15.9. The van der Waals surface area contributed by atoms with Crippen molar-refractivity contribution in [2.45, 2.75) is 19.9 Å². The number of carbonyl (C=O) groups is 1. The molecule has 0 spiro atoms. The Morgan fingerprint density at radius 2 is 2.23 bits per heavy atom. The zero-order valence-electron chi connectivity index (χ0n) is 12.5. The molecule has 1 aliphatic rings. The molecule has 0 bridgehead atoms. The standard InChI is InChI=1S/C14H16N5O2Se/c1-9(2)18(21)7-10-4-5-12-11(6-10)13(20)19(3,22-12)14-15-8-16-17-14/h4-9H,1-3H3,(H,15,16,17)/q+1. The van der Waals surface area contributed by atoms with E-state index >= 15 is 0 Å². The molecule has 3 rings (SSSR count). The Hall–Kier alpha value is -2.02. The van der Waals surface area contributed by atoms with E-state index in [9.17, 15) is 10.0 Å². The van der Waals surface area contributed by atoms with E-state index in [0.717, 1.165) is 14.8 Å². The van der Waals surface area contributed by atoms with Gasteiger partial charge in [-0.25, -0.2) is 0 Å². The summed E-state index contributed by atoms with van der Waals surface area (Å²) in [6.07, 6.45) is 2.92. The molecule has 1 amide bonds. The summed E-state index contributed by atoms with van der Waals surface area (Å²) in [7, 11) is 1.83. The number of fused-ring (bicyclic) bond motifs is 1. The van der Waals surface area contributed by atoms with Crippen molar-refractivity contribution < 1.29 is 9.53 Å². The van der Waals surface area contributed by atoms with Gasteiger partial charge in [0.15, 0.2) is 0 Å². The molecule has 1 atom stereocenters.